The van der Waals surface area contributed by atoms with E-state index < -0.39 is 0 Å². The Kier molecular flexibility index (Phi) is 7.12. The summed E-state index contributed by atoms with van der Waals surface area (Å²) in [6, 6.07) is 0. The number of hydrogen-bond acceptors (Lipinski definition) is 5. The lowest BCUT2D eigenvalue weighted by molar-refractivity contribution is 0.118. The highest BCUT2D eigenvalue weighted by atomic mass is 32.1. The Morgan fingerprint density at radius 3 is 2.88 bits per heavy atom. The van der Waals surface area contributed by atoms with E-state index >= 15 is 0 Å². The van der Waals surface area contributed by atoms with E-state index in [-0.39, 0.29) is 0 Å². The Labute approximate surface area is 101 Å². The van der Waals surface area contributed by atoms with Crippen molar-refractivity contribution in [3.05, 3.63) is 11.1 Å². The molecule has 0 fully saturated rings. The minimum atomic E-state index is 0.646. The Morgan fingerprint density at radius 1 is 1.38 bits per heavy atom. The molecule has 0 radical (unpaired) electrons. The van der Waals surface area contributed by atoms with Gasteiger partial charge in [-0.2, -0.15) is 0 Å². The summed E-state index contributed by atoms with van der Waals surface area (Å²) < 4.78 is 5.56. The first-order valence-corrected chi connectivity index (χ1v) is 6.67. The Morgan fingerprint density at radius 2 is 2.19 bits per heavy atom. The third-order valence-corrected chi connectivity index (χ3v) is 3.22. The summed E-state index contributed by atoms with van der Waals surface area (Å²) >= 11 is 1.53. The second kappa shape index (κ2) is 8.50. The predicted octanol–water partition coefficient (Wildman–Crippen LogP) is 2.92. The second-order valence-corrected chi connectivity index (χ2v) is 4.86. The predicted molar refractivity (Wildman–Crippen MR) is 68.3 cm³/mol. The average molecular weight is 243 g/mol. The zero-order valence-corrected chi connectivity index (χ0v) is 10.7. The highest BCUT2D eigenvalue weighted by Gasteiger charge is 1.99. The molecule has 3 N–H and O–H groups in total. The lowest BCUT2D eigenvalue weighted by Gasteiger charge is -2.01. The van der Waals surface area contributed by atoms with E-state index in [1.807, 2.05) is 0 Å². The minimum Gasteiger partial charge on any atom is -0.376 e. The van der Waals surface area contributed by atoms with Gasteiger partial charge in [0.1, 0.15) is 0 Å². The van der Waals surface area contributed by atoms with Crippen LogP contribution in [0.5, 0.6) is 0 Å². The van der Waals surface area contributed by atoms with Gasteiger partial charge in [0.15, 0.2) is 5.13 Å². The van der Waals surface area contributed by atoms with Gasteiger partial charge in [-0.25, -0.2) is 10.8 Å². The largest absolute Gasteiger partial charge is 0.376 e. The van der Waals surface area contributed by atoms with Crippen molar-refractivity contribution in [2.24, 2.45) is 5.84 Å². The number of nitrogens with two attached hydrogens (primary N) is 1. The van der Waals surface area contributed by atoms with Crippen molar-refractivity contribution in [3.8, 4) is 0 Å². The molecular formula is C11H21N3OS. The summed E-state index contributed by atoms with van der Waals surface area (Å²) in [5.74, 6) is 5.24. The van der Waals surface area contributed by atoms with Gasteiger partial charge < -0.3 is 4.74 Å². The van der Waals surface area contributed by atoms with Gasteiger partial charge in [0.05, 0.1) is 11.5 Å². The number of nitrogens with zero attached hydrogens (tertiary/aromatic N) is 1. The SMILES string of the molecule is CCCCCCCOCc1cnc(NN)s1. The van der Waals surface area contributed by atoms with E-state index in [1.165, 1.54) is 37.0 Å². The van der Waals surface area contributed by atoms with Crippen molar-refractivity contribution in [1.82, 2.24) is 4.98 Å². The first kappa shape index (κ1) is 13.4. The fraction of sp³-hybridized carbons (Fsp3) is 0.727. The van der Waals surface area contributed by atoms with Crippen LogP contribution in [-0.4, -0.2) is 11.6 Å². The van der Waals surface area contributed by atoms with Crippen molar-refractivity contribution in [3.63, 3.8) is 0 Å². The second-order valence-electron chi connectivity index (χ2n) is 3.74. The summed E-state index contributed by atoms with van der Waals surface area (Å²) in [5, 5.41) is 0.738. The summed E-state index contributed by atoms with van der Waals surface area (Å²) in [7, 11) is 0. The van der Waals surface area contributed by atoms with Gasteiger partial charge in [-0.1, -0.05) is 43.9 Å². The highest BCUT2D eigenvalue weighted by molar-refractivity contribution is 7.15. The van der Waals surface area contributed by atoms with E-state index in [4.69, 9.17) is 10.6 Å². The molecule has 0 aliphatic heterocycles. The molecule has 0 aliphatic rings. The minimum absolute atomic E-state index is 0.646. The molecule has 1 aromatic rings. The summed E-state index contributed by atoms with van der Waals surface area (Å²) in [6.45, 7) is 3.71. The molecule has 5 heteroatoms. The number of nitrogen functional groups attached to an aromatic ring is 1. The van der Waals surface area contributed by atoms with Crippen LogP contribution in [0.3, 0.4) is 0 Å². The van der Waals surface area contributed by atoms with E-state index in [2.05, 4.69) is 17.3 Å². The fourth-order valence-electron chi connectivity index (χ4n) is 1.42. The molecule has 0 bridgehead atoms. The number of aromatic nitrogens is 1. The summed E-state index contributed by atoms with van der Waals surface area (Å²) in [4.78, 5) is 5.19. The topological polar surface area (TPSA) is 60.2 Å². The van der Waals surface area contributed by atoms with Crippen molar-refractivity contribution >= 4 is 16.5 Å². The Balaban J connectivity index is 1.98. The smallest absolute Gasteiger partial charge is 0.197 e. The van der Waals surface area contributed by atoms with Gasteiger partial charge in [0, 0.05) is 12.8 Å². The molecule has 1 aromatic heterocycles. The van der Waals surface area contributed by atoms with Gasteiger partial charge >= 0.3 is 0 Å². The quantitative estimate of drug-likeness (QED) is 0.398. The molecule has 0 unspecified atom stereocenters. The summed E-state index contributed by atoms with van der Waals surface area (Å²) in [5.41, 5.74) is 2.52. The molecule has 0 saturated heterocycles. The van der Waals surface area contributed by atoms with Crippen LogP contribution in [-0.2, 0) is 11.3 Å². The zero-order valence-electron chi connectivity index (χ0n) is 9.87. The molecule has 0 amide bonds. The lowest BCUT2D eigenvalue weighted by Crippen LogP contribution is -2.05. The summed E-state index contributed by atoms with van der Waals surface area (Å²) in [6.07, 6.45) is 8.17. The third-order valence-electron chi connectivity index (χ3n) is 2.31. The number of thiazole rings is 1. The van der Waals surface area contributed by atoms with Crippen LogP contribution in [0.4, 0.5) is 5.13 Å². The highest BCUT2D eigenvalue weighted by Crippen LogP contribution is 2.17. The van der Waals surface area contributed by atoms with Crippen molar-refractivity contribution in [2.75, 3.05) is 12.0 Å². The van der Waals surface area contributed by atoms with E-state index in [1.54, 1.807) is 6.20 Å². The van der Waals surface area contributed by atoms with Crippen molar-refractivity contribution in [2.45, 2.75) is 45.6 Å². The molecule has 0 aliphatic carbocycles. The van der Waals surface area contributed by atoms with Crippen molar-refractivity contribution < 1.29 is 4.74 Å². The standard InChI is InChI=1S/C11H21N3OS/c1-2-3-4-5-6-7-15-9-10-8-13-11(14-12)16-10/h8H,2-7,9,12H2,1H3,(H,13,14). The van der Waals surface area contributed by atoms with Gasteiger partial charge in [-0.05, 0) is 6.42 Å². The molecule has 0 saturated carbocycles. The van der Waals surface area contributed by atoms with Crippen LogP contribution >= 0.6 is 11.3 Å². The van der Waals surface area contributed by atoms with Gasteiger partial charge in [0.2, 0.25) is 0 Å². The first-order valence-electron chi connectivity index (χ1n) is 5.86. The normalized spacial score (nSPS) is 10.6. The van der Waals surface area contributed by atoms with Crippen molar-refractivity contribution in [1.29, 1.82) is 0 Å². The fourth-order valence-corrected chi connectivity index (χ4v) is 2.08. The maximum absolute atomic E-state index is 5.56. The van der Waals surface area contributed by atoms with Crippen LogP contribution in [0, 0.1) is 0 Å². The monoisotopic (exact) mass is 243 g/mol. The Hall–Kier alpha value is -0.650. The van der Waals surface area contributed by atoms with Crippen LogP contribution < -0.4 is 11.3 Å². The Bertz CT molecular complexity index is 278. The number of hydrogen-bond donors (Lipinski definition) is 2. The van der Waals surface area contributed by atoms with Crippen LogP contribution in [0.1, 0.15) is 43.9 Å². The molecule has 0 spiro atoms. The van der Waals surface area contributed by atoms with E-state index in [0.29, 0.717) is 6.61 Å². The van der Waals surface area contributed by atoms with Gasteiger partial charge in [0.25, 0.3) is 0 Å². The molecule has 1 heterocycles. The van der Waals surface area contributed by atoms with Crippen LogP contribution in [0.25, 0.3) is 0 Å². The lowest BCUT2D eigenvalue weighted by atomic mass is 10.2. The number of ether oxygens (including phenoxy) is 1. The molecule has 1 rings (SSSR count). The van der Waals surface area contributed by atoms with Crippen LogP contribution in [0.2, 0.25) is 0 Å². The maximum atomic E-state index is 5.56. The number of nitrogens with one attached hydrogen (secondary N) is 1. The molecule has 4 nitrogen and oxygen atoms in total. The average Bonchev–Trinajstić information content (AvgIpc) is 2.76. The van der Waals surface area contributed by atoms with Crippen LogP contribution in [0.15, 0.2) is 6.20 Å². The number of hydrazine groups is 1. The zero-order chi connectivity index (χ0) is 11.6. The number of rotatable bonds is 9. The van der Waals surface area contributed by atoms with Gasteiger partial charge in [-0.3, -0.25) is 5.43 Å². The molecule has 0 atom stereocenters. The maximum Gasteiger partial charge on any atom is 0.197 e. The number of anilines is 1. The van der Waals surface area contributed by atoms with Gasteiger partial charge in [-0.15, -0.1) is 0 Å². The molecule has 92 valence electrons. The first-order chi connectivity index (χ1) is 7.86. The molecular weight excluding hydrogens is 222 g/mol. The number of unbranched alkanes of at least 4 members (excludes halogenated alkanes) is 4. The third kappa shape index (κ3) is 5.44. The van der Waals surface area contributed by atoms with E-state index in [0.717, 1.165) is 23.0 Å². The molecule has 0 aromatic carbocycles. The molecule has 16 heavy (non-hydrogen) atoms. The van der Waals surface area contributed by atoms with E-state index in [9.17, 15) is 0 Å².